The third-order valence-electron chi connectivity index (χ3n) is 3.58. The van der Waals surface area contributed by atoms with Crippen LogP contribution in [0.15, 0.2) is 68.8 Å². The van der Waals surface area contributed by atoms with Gasteiger partial charge in [0, 0.05) is 22.3 Å². The number of carbonyl (C=O) groups excluding carboxylic acids is 1. The minimum atomic E-state index is -0.360. The maximum Gasteiger partial charge on any atom is 0.271 e. The van der Waals surface area contributed by atoms with Crippen molar-refractivity contribution < 1.29 is 9.90 Å². The molecule has 1 amide bonds. The lowest BCUT2D eigenvalue weighted by atomic mass is 10.1. The number of hydrogen-bond donors (Lipinski definition) is 2. The van der Waals surface area contributed by atoms with E-state index in [1.165, 1.54) is 6.21 Å². The van der Waals surface area contributed by atoms with Crippen molar-refractivity contribution in [1.29, 1.82) is 0 Å². The van der Waals surface area contributed by atoms with E-state index in [1.807, 2.05) is 12.1 Å². The van der Waals surface area contributed by atoms with Gasteiger partial charge in [-0.15, -0.1) is 0 Å². The summed E-state index contributed by atoms with van der Waals surface area (Å²) in [6, 6.07) is 13.9. The zero-order valence-electron chi connectivity index (χ0n) is 13.7. The predicted molar refractivity (Wildman–Crippen MR) is 113 cm³/mol. The van der Waals surface area contributed by atoms with E-state index in [-0.39, 0.29) is 11.7 Å². The monoisotopic (exact) mass is 507 g/mol. The molecule has 5 nitrogen and oxygen atoms in total. The molecule has 27 heavy (non-hydrogen) atoms. The van der Waals surface area contributed by atoms with Gasteiger partial charge in [-0.05, 0) is 73.8 Å². The minimum absolute atomic E-state index is 0.0997. The molecule has 0 unspecified atom stereocenters. The summed E-state index contributed by atoms with van der Waals surface area (Å²) < 4.78 is 1.04. The number of hydrogen-bond acceptors (Lipinski definition) is 4. The molecule has 0 saturated heterocycles. The maximum absolute atomic E-state index is 12.3. The van der Waals surface area contributed by atoms with Gasteiger partial charge in [-0.1, -0.05) is 23.7 Å². The number of carbonyl (C=O) groups is 1. The lowest BCUT2D eigenvalue weighted by Crippen LogP contribution is -2.17. The summed E-state index contributed by atoms with van der Waals surface area (Å²) in [5, 5.41) is 14.3. The van der Waals surface area contributed by atoms with Gasteiger partial charge >= 0.3 is 0 Å². The Bertz CT molecular complexity index is 1000. The van der Waals surface area contributed by atoms with Gasteiger partial charge in [0.05, 0.1) is 20.9 Å². The molecule has 3 aromatic rings. The average molecular weight is 510 g/mol. The fraction of sp³-hybridized carbons (Fsp3) is 0. The van der Waals surface area contributed by atoms with Crippen molar-refractivity contribution in [2.45, 2.75) is 0 Å². The Labute approximate surface area is 177 Å². The smallest absolute Gasteiger partial charge is 0.271 e. The number of pyridine rings is 1. The van der Waals surface area contributed by atoms with Gasteiger partial charge in [-0.25, -0.2) is 5.43 Å². The van der Waals surface area contributed by atoms with Crippen molar-refractivity contribution in [3.05, 3.63) is 79.8 Å². The molecule has 0 aliphatic heterocycles. The largest absolute Gasteiger partial charge is 0.506 e. The summed E-state index contributed by atoms with van der Waals surface area (Å²) in [4.78, 5) is 16.6. The highest BCUT2D eigenvalue weighted by atomic mass is 79.9. The Morgan fingerprint density at radius 1 is 1.11 bits per heavy atom. The van der Waals surface area contributed by atoms with Gasteiger partial charge in [0.15, 0.2) is 0 Å². The standard InChI is InChI=1S/C19H12Br2ClN3O2/c20-15-7-11(8-16(21)18(15)26)10-24-25-19(27)13-5-6-23-17(9-13)12-1-3-14(22)4-2-12/h1-10,26H,(H,25,27)/b24-10+. The number of aromatic nitrogens is 1. The van der Waals surface area contributed by atoms with Gasteiger partial charge in [0.25, 0.3) is 5.91 Å². The van der Waals surface area contributed by atoms with E-state index in [0.717, 1.165) is 5.56 Å². The molecule has 0 bridgehead atoms. The maximum atomic E-state index is 12.3. The molecule has 0 aliphatic carbocycles. The molecule has 0 atom stereocenters. The number of nitrogens with one attached hydrogen (secondary N) is 1. The highest BCUT2D eigenvalue weighted by molar-refractivity contribution is 9.11. The van der Waals surface area contributed by atoms with Crippen LogP contribution in [0.5, 0.6) is 5.75 Å². The number of phenols is 1. The predicted octanol–water partition coefficient (Wildman–Crippen LogP) is 5.40. The van der Waals surface area contributed by atoms with Crippen LogP contribution in [0, 0.1) is 0 Å². The minimum Gasteiger partial charge on any atom is -0.506 e. The molecule has 1 heterocycles. The van der Waals surface area contributed by atoms with Crippen LogP contribution in [0.2, 0.25) is 5.02 Å². The molecule has 0 radical (unpaired) electrons. The fourth-order valence-electron chi connectivity index (χ4n) is 2.24. The van der Waals surface area contributed by atoms with Crippen LogP contribution in [0.4, 0.5) is 0 Å². The highest BCUT2D eigenvalue weighted by Crippen LogP contribution is 2.32. The summed E-state index contributed by atoms with van der Waals surface area (Å²) in [5.41, 5.74) is 5.13. The summed E-state index contributed by atoms with van der Waals surface area (Å²) in [6.45, 7) is 0. The van der Waals surface area contributed by atoms with Crippen molar-refractivity contribution >= 4 is 55.6 Å². The number of aromatic hydroxyl groups is 1. The second-order valence-electron chi connectivity index (χ2n) is 5.47. The quantitative estimate of drug-likeness (QED) is 0.366. The molecule has 0 fully saturated rings. The van der Waals surface area contributed by atoms with Crippen LogP contribution >= 0.6 is 43.5 Å². The van der Waals surface area contributed by atoms with E-state index >= 15 is 0 Å². The average Bonchev–Trinajstić information content (AvgIpc) is 2.66. The molecular weight excluding hydrogens is 497 g/mol. The Hall–Kier alpha value is -2.22. The Morgan fingerprint density at radius 3 is 2.44 bits per heavy atom. The first-order valence-electron chi connectivity index (χ1n) is 7.67. The van der Waals surface area contributed by atoms with E-state index < -0.39 is 0 Å². The first kappa shape index (κ1) is 19.5. The zero-order valence-corrected chi connectivity index (χ0v) is 17.6. The highest BCUT2D eigenvalue weighted by Gasteiger charge is 2.08. The summed E-state index contributed by atoms with van der Waals surface area (Å²) in [5.74, 6) is -0.261. The molecule has 2 N–H and O–H groups in total. The Kier molecular flexibility index (Phi) is 6.26. The summed E-state index contributed by atoms with van der Waals surface area (Å²) >= 11 is 12.4. The fourth-order valence-corrected chi connectivity index (χ4v) is 3.59. The number of halogens is 3. The van der Waals surface area contributed by atoms with E-state index in [1.54, 1.807) is 42.6 Å². The third kappa shape index (κ3) is 4.94. The molecule has 0 saturated carbocycles. The van der Waals surface area contributed by atoms with Crippen LogP contribution in [0.1, 0.15) is 15.9 Å². The van der Waals surface area contributed by atoms with Crippen LogP contribution in [0.3, 0.4) is 0 Å². The van der Waals surface area contributed by atoms with Crippen LogP contribution in [-0.2, 0) is 0 Å². The molecule has 0 spiro atoms. The van der Waals surface area contributed by atoms with Crippen molar-refractivity contribution in [2.75, 3.05) is 0 Å². The van der Waals surface area contributed by atoms with Crippen LogP contribution in [0.25, 0.3) is 11.3 Å². The summed E-state index contributed by atoms with van der Waals surface area (Å²) in [6.07, 6.45) is 3.05. The molecule has 0 aliphatic rings. The normalized spacial score (nSPS) is 10.9. The van der Waals surface area contributed by atoms with Crippen LogP contribution < -0.4 is 5.43 Å². The zero-order chi connectivity index (χ0) is 19.4. The molecular formula is C19H12Br2ClN3O2. The Morgan fingerprint density at radius 2 is 1.78 bits per heavy atom. The van der Waals surface area contributed by atoms with Gasteiger partial charge < -0.3 is 5.11 Å². The lowest BCUT2D eigenvalue weighted by Gasteiger charge is -2.05. The molecule has 1 aromatic heterocycles. The van der Waals surface area contributed by atoms with Crippen molar-refractivity contribution in [3.63, 3.8) is 0 Å². The number of nitrogens with zero attached hydrogens (tertiary/aromatic N) is 2. The lowest BCUT2D eigenvalue weighted by molar-refractivity contribution is 0.0955. The Balaban J connectivity index is 1.73. The molecule has 136 valence electrons. The van der Waals surface area contributed by atoms with E-state index in [4.69, 9.17) is 11.6 Å². The third-order valence-corrected chi connectivity index (χ3v) is 5.04. The number of benzene rings is 2. The van der Waals surface area contributed by atoms with Crippen molar-refractivity contribution in [1.82, 2.24) is 10.4 Å². The number of amides is 1. The number of phenolic OH excluding ortho intramolecular Hbond substituents is 1. The van der Waals surface area contributed by atoms with Crippen molar-refractivity contribution in [2.24, 2.45) is 5.10 Å². The topological polar surface area (TPSA) is 74.6 Å². The summed E-state index contributed by atoms with van der Waals surface area (Å²) in [7, 11) is 0. The van der Waals surface area contributed by atoms with Crippen LogP contribution in [-0.4, -0.2) is 22.2 Å². The second kappa shape index (κ2) is 8.65. The van der Waals surface area contributed by atoms with Gasteiger partial charge in [-0.3, -0.25) is 9.78 Å². The number of hydrazone groups is 1. The SMILES string of the molecule is O=C(N/N=C/c1cc(Br)c(O)c(Br)c1)c1ccnc(-c2ccc(Cl)cc2)c1. The molecule has 2 aromatic carbocycles. The second-order valence-corrected chi connectivity index (χ2v) is 7.61. The van der Waals surface area contributed by atoms with Gasteiger partial charge in [0.1, 0.15) is 5.75 Å². The van der Waals surface area contributed by atoms with Gasteiger partial charge in [0.2, 0.25) is 0 Å². The first-order valence-corrected chi connectivity index (χ1v) is 9.64. The van der Waals surface area contributed by atoms with E-state index in [0.29, 0.717) is 30.8 Å². The first-order chi connectivity index (χ1) is 12.9. The molecule has 3 rings (SSSR count). The number of rotatable bonds is 4. The van der Waals surface area contributed by atoms with Gasteiger partial charge in [-0.2, -0.15) is 5.10 Å². The van der Waals surface area contributed by atoms with Crippen molar-refractivity contribution in [3.8, 4) is 17.0 Å². The van der Waals surface area contributed by atoms with E-state index in [2.05, 4.69) is 47.4 Å². The molecule has 8 heteroatoms. The van der Waals surface area contributed by atoms with E-state index in [9.17, 15) is 9.90 Å².